The molecule has 0 bridgehead atoms. The summed E-state index contributed by atoms with van der Waals surface area (Å²) >= 11 is 0. The maximum atomic E-state index is 12.6. The van der Waals surface area contributed by atoms with E-state index in [1.54, 1.807) is 4.90 Å². The fraction of sp³-hybridized carbons (Fsp3) is 0.444. The summed E-state index contributed by atoms with van der Waals surface area (Å²) in [5.41, 5.74) is 4.75. The molecular formula is C27H30N2O5. The Balaban J connectivity index is 1.08. The Labute approximate surface area is 199 Å². The number of aliphatic carboxylic acids is 1. The van der Waals surface area contributed by atoms with Gasteiger partial charge in [-0.25, -0.2) is 4.79 Å². The Morgan fingerprint density at radius 1 is 1.03 bits per heavy atom. The summed E-state index contributed by atoms with van der Waals surface area (Å²) < 4.78 is 5.61. The quantitative estimate of drug-likeness (QED) is 0.676. The topological polar surface area (TPSA) is 95.9 Å². The summed E-state index contributed by atoms with van der Waals surface area (Å²) in [6.45, 7) is 2.60. The third-order valence-corrected chi connectivity index (χ3v) is 7.76. The first-order chi connectivity index (χ1) is 16.4. The number of carboxylic acid groups (broad SMARTS) is 1. The second-order valence-electron chi connectivity index (χ2n) is 9.77. The molecule has 0 aromatic heterocycles. The number of carbonyl (C=O) groups is 3. The molecule has 2 amide bonds. The van der Waals surface area contributed by atoms with Crippen molar-refractivity contribution in [3.8, 4) is 11.1 Å². The van der Waals surface area contributed by atoms with Gasteiger partial charge in [0, 0.05) is 31.0 Å². The predicted octanol–water partition coefficient (Wildman–Crippen LogP) is 4.02. The maximum absolute atomic E-state index is 12.6. The van der Waals surface area contributed by atoms with Crippen LogP contribution in [0.4, 0.5) is 4.79 Å². The molecular weight excluding hydrogens is 432 g/mol. The van der Waals surface area contributed by atoms with Crippen molar-refractivity contribution in [1.29, 1.82) is 0 Å². The molecule has 2 aromatic rings. The summed E-state index contributed by atoms with van der Waals surface area (Å²) in [6, 6.07) is 16.2. The molecule has 0 spiro atoms. The maximum Gasteiger partial charge on any atom is 0.407 e. The van der Waals surface area contributed by atoms with Crippen LogP contribution in [0.2, 0.25) is 0 Å². The number of fused-ring (bicyclic) bond motifs is 3. The van der Waals surface area contributed by atoms with Gasteiger partial charge in [0.25, 0.3) is 0 Å². The number of likely N-dealkylation sites (tertiary alicyclic amines) is 1. The van der Waals surface area contributed by atoms with E-state index in [1.807, 2.05) is 31.2 Å². The van der Waals surface area contributed by atoms with Crippen LogP contribution in [0.25, 0.3) is 11.1 Å². The molecule has 1 aliphatic heterocycles. The Kier molecular flexibility index (Phi) is 6.02. The average Bonchev–Trinajstić information content (AvgIpc) is 3.34. The van der Waals surface area contributed by atoms with Crippen molar-refractivity contribution in [2.75, 3.05) is 13.2 Å². The van der Waals surface area contributed by atoms with Crippen LogP contribution < -0.4 is 5.32 Å². The molecule has 2 aliphatic carbocycles. The predicted molar refractivity (Wildman–Crippen MR) is 126 cm³/mol. The molecule has 7 nitrogen and oxygen atoms in total. The molecule has 2 unspecified atom stereocenters. The van der Waals surface area contributed by atoms with Gasteiger partial charge in [-0.05, 0) is 54.4 Å². The molecule has 2 aromatic carbocycles. The highest BCUT2D eigenvalue weighted by Gasteiger charge is 2.40. The van der Waals surface area contributed by atoms with Gasteiger partial charge in [0.05, 0.1) is 5.92 Å². The van der Waals surface area contributed by atoms with Gasteiger partial charge in [-0.2, -0.15) is 0 Å². The van der Waals surface area contributed by atoms with Crippen molar-refractivity contribution in [3.63, 3.8) is 0 Å². The standard InChI is InChI=1S/C27H30N2O5/c1-16-19(26(31)32)10-11-29(16)25(30)14-17-12-18(13-17)28-27(33)34-15-24-22-8-4-2-6-20(22)21-7-3-5-9-23(21)24/h2-9,16-19,24H,10-15H2,1H3,(H,28,33)(H,31,32). The van der Waals surface area contributed by atoms with Crippen LogP contribution in [0.3, 0.4) is 0 Å². The summed E-state index contributed by atoms with van der Waals surface area (Å²) in [7, 11) is 0. The smallest absolute Gasteiger partial charge is 0.407 e. The van der Waals surface area contributed by atoms with E-state index in [0.717, 1.165) is 12.8 Å². The monoisotopic (exact) mass is 462 g/mol. The zero-order valence-corrected chi connectivity index (χ0v) is 19.3. The molecule has 2 N–H and O–H groups in total. The first-order valence-electron chi connectivity index (χ1n) is 12.1. The summed E-state index contributed by atoms with van der Waals surface area (Å²) in [5, 5.41) is 12.2. The minimum absolute atomic E-state index is 0.0104. The van der Waals surface area contributed by atoms with Crippen molar-refractivity contribution < 1.29 is 24.2 Å². The Hall–Kier alpha value is -3.35. The Morgan fingerprint density at radius 2 is 1.65 bits per heavy atom. The molecule has 3 aliphatic rings. The van der Waals surface area contributed by atoms with Gasteiger partial charge in [0.2, 0.25) is 5.91 Å². The van der Waals surface area contributed by atoms with Gasteiger partial charge in [0.1, 0.15) is 6.61 Å². The minimum Gasteiger partial charge on any atom is -0.481 e. The molecule has 178 valence electrons. The lowest BCUT2D eigenvalue weighted by molar-refractivity contribution is -0.143. The van der Waals surface area contributed by atoms with Crippen LogP contribution >= 0.6 is 0 Å². The van der Waals surface area contributed by atoms with E-state index in [1.165, 1.54) is 22.3 Å². The Bertz CT molecular complexity index is 1060. The van der Waals surface area contributed by atoms with Gasteiger partial charge in [-0.1, -0.05) is 48.5 Å². The Morgan fingerprint density at radius 3 is 2.24 bits per heavy atom. The van der Waals surface area contributed by atoms with Gasteiger partial charge in [0.15, 0.2) is 0 Å². The van der Waals surface area contributed by atoms with E-state index in [0.29, 0.717) is 19.4 Å². The molecule has 2 fully saturated rings. The van der Waals surface area contributed by atoms with Crippen molar-refractivity contribution in [1.82, 2.24) is 10.2 Å². The highest BCUT2D eigenvalue weighted by molar-refractivity contribution is 5.80. The average molecular weight is 463 g/mol. The summed E-state index contributed by atoms with van der Waals surface area (Å²) in [4.78, 5) is 38.1. The van der Waals surface area contributed by atoms with Gasteiger partial charge >= 0.3 is 12.1 Å². The normalized spacial score (nSPS) is 25.3. The zero-order valence-electron chi connectivity index (χ0n) is 19.3. The van der Waals surface area contributed by atoms with Crippen molar-refractivity contribution in [3.05, 3.63) is 59.7 Å². The van der Waals surface area contributed by atoms with Crippen LogP contribution in [0, 0.1) is 11.8 Å². The van der Waals surface area contributed by atoms with E-state index in [2.05, 4.69) is 29.6 Å². The zero-order chi connectivity index (χ0) is 23.8. The number of amides is 2. The first kappa shape index (κ1) is 22.4. The van der Waals surface area contributed by atoms with Crippen LogP contribution in [0.1, 0.15) is 49.7 Å². The fourth-order valence-electron chi connectivity index (χ4n) is 5.81. The second-order valence-corrected chi connectivity index (χ2v) is 9.77. The van der Waals surface area contributed by atoms with Crippen LogP contribution in [0.5, 0.6) is 0 Å². The van der Waals surface area contributed by atoms with Crippen molar-refractivity contribution in [2.45, 2.75) is 50.6 Å². The summed E-state index contributed by atoms with van der Waals surface area (Å²) in [6.07, 6.45) is 1.97. The molecule has 1 saturated heterocycles. The van der Waals surface area contributed by atoms with E-state index < -0.39 is 18.0 Å². The number of carboxylic acids is 1. The summed E-state index contributed by atoms with van der Waals surface area (Å²) in [5.74, 6) is -1.06. The molecule has 0 radical (unpaired) electrons. The highest BCUT2D eigenvalue weighted by atomic mass is 16.5. The number of nitrogens with one attached hydrogen (secondary N) is 1. The number of carbonyl (C=O) groups excluding carboxylic acids is 2. The molecule has 2 atom stereocenters. The SMILES string of the molecule is CC1C(C(=O)O)CCN1C(=O)CC1CC(NC(=O)OCC2c3ccccc3-c3ccccc32)C1. The van der Waals surface area contributed by atoms with Gasteiger partial charge in [-0.3, -0.25) is 9.59 Å². The van der Waals surface area contributed by atoms with Crippen molar-refractivity contribution in [2.24, 2.45) is 11.8 Å². The van der Waals surface area contributed by atoms with Crippen LogP contribution in [0.15, 0.2) is 48.5 Å². The lowest BCUT2D eigenvalue weighted by Crippen LogP contribution is -2.46. The largest absolute Gasteiger partial charge is 0.481 e. The number of ether oxygens (including phenoxy) is 1. The number of nitrogens with zero attached hydrogens (tertiary/aromatic N) is 1. The second kappa shape index (κ2) is 9.12. The number of benzene rings is 2. The molecule has 1 saturated carbocycles. The lowest BCUT2D eigenvalue weighted by Gasteiger charge is -2.36. The number of hydrogen-bond donors (Lipinski definition) is 2. The van der Waals surface area contributed by atoms with Crippen molar-refractivity contribution >= 4 is 18.0 Å². The molecule has 7 heteroatoms. The number of hydrogen-bond acceptors (Lipinski definition) is 4. The highest BCUT2D eigenvalue weighted by Crippen LogP contribution is 2.44. The van der Waals surface area contributed by atoms with E-state index in [-0.39, 0.29) is 36.4 Å². The number of alkyl carbamates (subject to hydrolysis) is 1. The third kappa shape index (κ3) is 4.15. The number of rotatable bonds is 6. The molecule has 34 heavy (non-hydrogen) atoms. The van der Waals surface area contributed by atoms with Gasteiger partial charge < -0.3 is 20.1 Å². The molecule has 5 rings (SSSR count). The third-order valence-electron chi connectivity index (χ3n) is 7.76. The lowest BCUT2D eigenvalue weighted by atomic mass is 9.78. The minimum atomic E-state index is -0.834. The van der Waals surface area contributed by atoms with E-state index >= 15 is 0 Å². The van der Waals surface area contributed by atoms with E-state index in [4.69, 9.17) is 4.74 Å². The van der Waals surface area contributed by atoms with E-state index in [9.17, 15) is 19.5 Å². The molecule has 1 heterocycles. The van der Waals surface area contributed by atoms with Crippen LogP contribution in [-0.2, 0) is 14.3 Å². The first-order valence-corrected chi connectivity index (χ1v) is 12.1. The fourth-order valence-corrected chi connectivity index (χ4v) is 5.81. The van der Waals surface area contributed by atoms with Crippen LogP contribution in [-0.4, -0.2) is 53.2 Å². The van der Waals surface area contributed by atoms with Gasteiger partial charge in [-0.15, -0.1) is 0 Å².